The van der Waals surface area contributed by atoms with Gasteiger partial charge in [-0.3, -0.25) is 4.57 Å². The molecule has 2 saturated heterocycles. The molecule has 1 unspecified atom stereocenters. The second-order valence-electron chi connectivity index (χ2n) is 15.9. The normalized spacial score (nSPS) is 37.7. The van der Waals surface area contributed by atoms with Crippen molar-refractivity contribution in [2.45, 2.75) is 93.9 Å². The summed E-state index contributed by atoms with van der Waals surface area (Å²) in [6, 6.07) is 9.78. The summed E-state index contributed by atoms with van der Waals surface area (Å²) in [4.78, 5) is 7.87. The van der Waals surface area contributed by atoms with Gasteiger partial charge >= 0.3 is 0 Å². The number of nitrogens with zero attached hydrogens (tertiary/aromatic N) is 4. The number of aromatic nitrogens is 3. The maximum atomic E-state index is 15.4. The molecule has 2 aromatic heterocycles. The van der Waals surface area contributed by atoms with Gasteiger partial charge in [-0.15, -0.1) is 0 Å². The van der Waals surface area contributed by atoms with Gasteiger partial charge in [0, 0.05) is 31.4 Å². The molecule has 6 aliphatic rings. The zero-order valence-electron chi connectivity index (χ0n) is 31.3. The zero-order valence-corrected chi connectivity index (χ0v) is 30.3. The van der Waals surface area contributed by atoms with Gasteiger partial charge in [0.15, 0.2) is 17.2 Å². The average Bonchev–Trinajstić information content (AvgIpc) is 3.81. The third kappa shape index (κ3) is 4.02. The number of piperidine rings is 1. The fourth-order valence-electron chi connectivity index (χ4n) is 11.5. The third-order valence-corrected chi connectivity index (χ3v) is 13.7. The molecule has 53 heavy (non-hydrogen) atoms. The fraction of sp³-hybridized carbons (Fsp3) is 0.476. The molecule has 7 atom stereocenters. The summed E-state index contributed by atoms with van der Waals surface area (Å²) in [5.41, 5.74) is 0.716. The average molecular weight is 724 g/mol. The Kier molecular flexibility index (Phi) is 6.90. The number of likely N-dealkylation sites (tertiary alicyclic amines) is 1. The minimum atomic E-state index is -1.67. The zero-order chi connectivity index (χ0) is 37.5. The van der Waals surface area contributed by atoms with Crippen LogP contribution in [-0.2, 0) is 26.4 Å². The Morgan fingerprint density at radius 3 is 2.55 bits per heavy atom. The van der Waals surface area contributed by atoms with Crippen molar-refractivity contribution in [2.24, 2.45) is 11.3 Å². The lowest BCUT2D eigenvalue weighted by Crippen LogP contribution is -2.66. The van der Waals surface area contributed by atoms with Crippen LogP contribution in [-0.4, -0.2) is 68.8 Å². The van der Waals surface area contributed by atoms with Gasteiger partial charge in [0.2, 0.25) is 0 Å². The molecule has 4 aliphatic carbocycles. The maximum absolute atomic E-state index is 15.4. The van der Waals surface area contributed by atoms with E-state index in [0.717, 1.165) is 45.6 Å². The van der Waals surface area contributed by atoms with Crippen LogP contribution in [0.1, 0.15) is 69.1 Å². The minimum Gasteiger partial charge on any atom is -0.385 e. The van der Waals surface area contributed by atoms with Gasteiger partial charge in [-0.2, -0.15) is 0 Å². The molecule has 1 spiro atoms. The van der Waals surface area contributed by atoms with Gasteiger partial charge in [0.1, 0.15) is 35.1 Å². The predicted molar refractivity (Wildman–Crippen MR) is 192 cm³/mol. The highest BCUT2D eigenvalue weighted by atomic mass is 19.2. The first kappa shape index (κ1) is 32.4. The molecule has 1 saturated carbocycles. The van der Waals surface area contributed by atoms with Crippen LogP contribution in [0, 0.1) is 36.8 Å². The molecule has 9 nitrogen and oxygen atoms in total. The maximum Gasteiger partial charge on any atom is 0.167 e. The highest BCUT2D eigenvalue weighted by Gasteiger charge is 2.80. The number of rotatable bonds is 5. The Morgan fingerprint density at radius 1 is 1.00 bits per heavy atom. The quantitative estimate of drug-likeness (QED) is 0.216. The van der Waals surface area contributed by atoms with Crippen LogP contribution in [0.3, 0.4) is 0 Å². The van der Waals surface area contributed by atoms with Gasteiger partial charge in [-0.25, -0.2) is 13.8 Å². The number of imidazole rings is 1. The Balaban J connectivity index is 1.33. The van der Waals surface area contributed by atoms with Crippen LogP contribution < -0.4 is 0 Å². The van der Waals surface area contributed by atoms with Crippen LogP contribution in [0.4, 0.5) is 8.78 Å². The van der Waals surface area contributed by atoms with Gasteiger partial charge in [0.25, 0.3) is 0 Å². The van der Waals surface area contributed by atoms with E-state index in [9.17, 15) is 14.6 Å². The molecule has 4 heterocycles. The number of aliphatic hydroxyl groups is 2. The lowest BCUT2D eigenvalue weighted by Gasteiger charge is -2.61. The van der Waals surface area contributed by atoms with Crippen LogP contribution in [0.2, 0.25) is 0 Å². The van der Waals surface area contributed by atoms with Gasteiger partial charge in [-0.1, -0.05) is 48.0 Å². The molecule has 276 valence electrons. The molecule has 3 fully saturated rings. The number of hydrogen-bond donors (Lipinski definition) is 2. The van der Waals surface area contributed by atoms with Crippen molar-refractivity contribution in [1.29, 1.82) is 0 Å². The number of aliphatic hydroxyl groups excluding tert-OH is 2. The smallest absolute Gasteiger partial charge is 0.167 e. The molecular weight excluding hydrogens is 678 g/mol. The summed E-state index contributed by atoms with van der Waals surface area (Å²) in [6.07, 6.45) is 8.18. The van der Waals surface area contributed by atoms with Crippen molar-refractivity contribution in [3.8, 4) is 11.1 Å². The largest absolute Gasteiger partial charge is 0.385 e. The van der Waals surface area contributed by atoms with E-state index in [4.69, 9.17) is 20.4 Å². The number of methoxy groups -OCH3 is 1. The first-order chi connectivity index (χ1) is 25.9. The lowest BCUT2D eigenvalue weighted by molar-refractivity contribution is -0.231. The van der Waals surface area contributed by atoms with Crippen molar-refractivity contribution in [2.75, 3.05) is 20.7 Å². The number of allylic oxidation sites excluding steroid dienone is 1. The van der Waals surface area contributed by atoms with Crippen LogP contribution in [0.15, 0.2) is 76.4 Å². The number of halogens is 2. The van der Waals surface area contributed by atoms with E-state index in [1.165, 1.54) is 6.07 Å². The Hall–Kier alpha value is -4.00. The van der Waals surface area contributed by atoms with Crippen molar-refractivity contribution in [3.05, 3.63) is 106 Å². The van der Waals surface area contributed by atoms with Gasteiger partial charge in [-0.05, 0) is 113 Å². The first-order valence-corrected chi connectivity index (χ1v) is 18.7. The minimum absolute atomic E-state index is 0.0315. The number of benzene rings is 2. The molecule has 10 rings (SSSR count). The molecule has 0 amide bonds. The number of aryl methyl sites for hydroxylation is 2. The number of hydrogen-bond acceptors (Lipinski definition) is 8. The SMILES string of the molecule is [2H]C1CCC(OC)(n2c([C@]34OC5(c6ccc(F)c(F)c6)C6=C(C=C[C@@H]5O)C[C@@H]5[C@H](C=C[C@@H]3O)[C@@]64CCN5C)nc3cc(-c4c(C)noc4C)ccc32)CC1. The summed E-state index contributed by atoms with van der Waals surface area (Å²) < 4.78 is 60.6. The monoisotopic (exact) mass is 723 g/mol. The Morgan fingerprint density at radius 2 is 1.81 bits per heavy atom. The second-order valence-corrected chi connectivity index (χ2v) is 15.9. The molecule has 0 radical (unpaired) electrons. The van der Waals surface area contributed by atoms with Crippen molar-refractivity contribution >= 4 is 11.0 Å². The Bertz CT molecular complexity index is 2310. The van der Waals surface area contributed by atoms with Crippen LogP contribution >= 0.6 is 0 Å². The summed E-state index contributed by atoms with van der Waals surface area (Å²) in [5.74, 6) is -1.11. The molecule has 2 aromatic carbocycles. The molecule has 11 heteroatoms. The Labute approximate surface area is 308 Å². The van der Waals surface area contributed by atoms with E-state index in [-0.39, 0.29) is 23.9 Å². The van der Waals surface area contributed by atoms with Crippen molar-refractivity contribution < 1.29 is 34.4 Å². The molecule has 2 bridgehead atoms. The highest BCUT2D eigenvalue weighted by molar-refractivity contribution is 5.84. The van der Waals surface area contributed by atoms with E-state index in [0.29, 0.717) is 62.2 Å². The van der Waals surface area contributed by atoms with E-state index in [1.54, 1.807) is 19.3 Å². The molecular formula is C42H44F2N4O5. The van der Waals surface area contributed by atoms with E-state index < -0.39 is 46.2 Å². The third-order valence-electron chi connectivity index (χ3n) is 13.7. The second kappa shape index (κ2) is 11.3. The van der Waals surface area contributed by atoms with E-state index in [2.05, 4.69) is 27.7 Å². The van der Waals surface area contributed by atoms with E-state index in [1.807, 2.05) is 38.1 Å². The molecule has 2 N–H and O–H groups in total. The summed E-state index contributed by atoms with van der Waals surface area (Å²) >= 11 is 0. The molecule has 4 aromatic rings. The molecule has 2 aliphatic heterocycles. The summed E-state index contributed by atoms with van der Waals surface area (Å²) in [7, 11) is 3.81. The lowest BCUT2D eigenvalue weighted by atomic mass is 9.46. The topological polar surface area (TPSA) is 106 Å². The van der Waals surface area contributed by atoms with Gasteiger partial charge in [0.05, 0.1) is 16.7 Å². The van der Waals surface area contributed by atoms with Gasteiger partial charge < -0.3 is 29.1 Å². The van der Waals surface area contributed by atoms with Crippen molar-refractivity contribution in [1.82, 2.24) is 19.6 Å². The highest BCUT2D eigenvalue weighted by Crippen LogP contribution is 2.76. The van der Waals surface area contributed by atoms with E-state index >= 15 is 4.39 Å². The van der Waals surface area contributed by atoms with Crippen LogP contribution in [0.5, 0.6) is 0 Å². The fourth-order valence-corrected chi connectivity index (χ4v) is 11.5. The number of fused-ring (bicyclic) bond motifs is 1. The first-order valence-electron chi connectivity index (χ1n) is 19.3. The summed E-state index contributed by atoms with van der Waals surface area (Å²) in [6.45, 7) is 4.45. The number of ether oxygens (including phenoxy) is 2. The standard InChI is InChI=1S/C42H44F2N4O5/c1-23-36(24(2)52-46-23)25-8-13-32-31(20-25)45-38(48(32)39(51-4)16-6-5-7-17-39)42-35(50)15-11-28-33-21-26-9-14-34(49)41(53-42,27-10-12-29(43)30(44)22-27)37(26)40(28,42)18-19-47(33)3/h8-15,20,22,28,33-35,49-50H,5-7,16-19,21H2,1-4H3/t28-,33+,34-,35-,40-,41?,42+/m0/s1/i5D/t5?,28-,33+,34-,35-,39?,40-,41?,42+. The van der Waals surface area contributed by atoms with Crippen LogP contribution in [0.25, 0.3) is 22.2 Å². The summed E-state index contributed by atoms with van der Waals surface area (Å²) in [5, 5.41) is 29.4. The predicted octanol–water partition coefficient (Wildman–Crippen LogP) is 6.84. The van der Waals surface area contributed by atoms with Crippen molar-refractivity contribution in [3.63, 3.8) is 0 Å².